The standard InChI is InChI=1S/C8H15NO4/c9-7-1-4(8(12)13)5(2-10)6(7)3-11/h4-7,10-11H,1-3,9H2,(H,12,13)/t4-,5-,6+,7+/m0/s1. The van der Waals surface area contributed by atoms with Crippen molar-refractivity contribution in [3.05, 3.63) is 0 Å². The number of hydrogen-bond acceptors (Lipinski definition) is 4. The molecule has 0 saturated heterocycles. The molecule has 1 aliphatic rings. The maximum atomic E-state index is 10.7. The molecule has 0 bridgehead atoms. The summed E-state index contributed by atoms with van der Waals surface area (Å²) in [7, 11) is 0. The van der Waals surface area contributed by atoms with E-state index in [0.29, 0.717) is 6.42 Å². The van der Waals surface area contributed by atoms with E-state index < -0.39 is 17.8 Å². The van der Waals surface area contributed by atoms with Crippen LogP contribution in [0.3, 0.4) is 0 Å². The van der Waals surface area contributed by atoms with Gasteiger partial charge in [0.05, 0.1) is 5.92 Å². The molecule has 1 aliphatic carbocycles. The van der Waals surface area contributed by atoms with Crippen LogP contribution < -0.4 is 5.73 Å². The lowest BCUT2D eigenvalue weighted by Crippen LogP contribution is -2.32. The number of nitrogens with two attached hydrogens (primary N) is 1. The SMILES string of the molecule is N[C@@H]1C[C@H](C(=O)O)[C@H](CO)[C@H]1CO. The number of aliphatic hydroxyl groups is 2. The van der Waals surface area contributed by atoms with E-state index >= 15 is 0 Å². The molecule has 0 spiro atoms. The topological polar surface area (TPSA) is 104 Å². The van der Waals surface area contributed by atoms with Gasteiger partial charge in [0.1, 0.15) is 0 Å². The van der Waals surface area contributed by atoms with E-state index in [-0.39, 0.29) is 25.2 Å². The highest BCUT2D eigenvalue weighted by Crippen LogP contribution is 2.35. The smallest absolute Gasteiger partial charge is 0.306 e. The molecule has 5 N–H and O–H groups in total. The van der Waals surface area contributed by atoms with Crippen molar-refractivity contribution < 1.29 is 20.1 Å². The van der Waals surface area contributed by atoms with Crippen LogP contribution >= 0.6 is 0 Å². The summed E-state index contributed by atoms with van der Waals surface area (Å²) in [4.78, 5) is 10.7. The lowest BCUT2D eigenvalue weighted by atomic mass is 9.90. The van der Waals surface area contributed by atoms with Gasteiger partial charge in [-0.3, -0.25) is 4.79 Å². The minimum Gasteiger partial charge on any atom is -0.481 e. The Hall–Kier alpha value is -0.650. The molecule has 13 heavy (non-hydrogen) atoms. The maximum Gasteiger partial charge on any atom is 0.306 e. The number of carboxylic acid groups (broad SMARTS) is 1. The Bertz CT molecular complexity index is 197. The highest BCUT2D eigenvalue weighted by atomic mass is 16.4. The first-order valence-corrected chi connectivity index (χ1v) is 4.32. The fourth-order valence-electron chi connectivity index (χ4n) is 2.08. The van der Waals surface area contributed by atoms with Crippen molar-refractivity contribution in [2.75, 3.05) is 13.2 Å². The number of aliphatic carboxylic acids is 1. The van der Waals surface area contributed by atoms with Gasteiger partial charge < -0.3 is 21.1 Å². The van der Waals surface area contributed by atoms with Gasteiger partial charge in [0, 0.05) is 31.1 Å². The summed E-state index contributed by atoms with van der Waals surface area (Å²) in [5, 5.41) is 26.7. The van der Waals surface area contributed by atoms with Gasteiger partial charge in [-0.15, -0.1) is 0 Å². The van der Waals surface area contributed by atoms with Crippen molar-refractivity contribution in [1.82, 2.24) is 0 Å². The largest absolute Gasteiger partial charge is 0.481 e. The summed E-state index contributed by atoms with van der Waals surface area (Å²) in [6, 6.07) is -0.316. The molecule has 1 fully saturated rings. The average molecular weight is 189 g/mol. The van der Waals surface area contributed by atoms with E-state index in [9.17, 15) is 4.79 Å². The van der Waals surface area contributed by atoms with Crippen LogP contribution in [0.5, 0.6) is 0 Å². The first-order chi connectivity index (χ1) is 6.11. The van der Waals surface area contributed by atoms with Gasteiger partial charge in [-0.25, -0.2) is 0 Å². The number of rotatable bonds is 3. The number of carbonyl (C=O) groups is 1. The van der Waals surface area contributed by atoms with E-state index in [1.54, 1.807) is 0 Å². The normalized spacial score (nSPS) is 39.3. The second-order valence-electron chi connectivity index (χ2n) is 3.54. The van der Waals surface area contributed by atoms with E-state index in [0.717, 1.165) is 0 Å². The van der Waals surface area contributed by atoms with Gasteiger partial charge in [0.2, 0.25) is 0 Å². The first-order valence-electron chi connectivity index (χ1n) is 4.32. The van der Waals surface area contributed by atoms with Crippen LogP contribution in [0.15, 0.2) is 0 Å². The molecule has 0 aromatic rings. The molecule has 1 saturated carbocycles. The van der Waals surface area contributed by atoms with Crippen molar-refractivity contribution in [3.8, 4) is 0 Å². The molecule has 4 atom stereocenters. The fourth-order valence-corrected chi connectivity index (χ4v) is 2.08. The zero-order valence-electron chi connectivity index (χ0n) is 7.26. The fraction of sp³-hybridized carbons (Fsp3) is 0.875. The van der Waals surface area contributed by atoms with Gasteiger partial charge in [-0.2, -0.15) is 0 Å². The van der Waals surface area contributed by atoms with E-state index in [1.165, 1.54) is 0 Å². The summed E-state index contributed by atoms with van der Waals surface area (Å²) < 4.78 is 0. The third-order valence-electron chi connectivity index (χ3n) is 2.88. The lowest BCUT2D eigenvalue weighted by molar-refractivity contribution is -0.143. The molecule has 0 aromatic heterocycles. The summed E-state index contributed by atoms with van der Waals surface area (Å²) in [6.07, 6.45) is 0.339. The van der Waals surface area contributed by atoms with Crippen LogP contribution in [-0.2, 0) is 4.79 Å². The van der Waals surface area contributed by atoms with Gasteiger partial charge in [0.25, 0.3) is 0 Å². The second kappa shape index (κ2) is 4.04. The maximum absolute atomic E-state index is 10.7. The Labute approximate surface area is 76.2 Å². The first kappa shape index (κ1) is 10.4. The second-order valence-corrected chi connectivity index (χ2v) is 3.54. The third kappa shape index (κ3) is 1.82. The molecule has 1 rings (SSSR count). The van der Waals surface area contributed by atoms with Gasteiger partial charge in [0.15, 0.2) is 0 Å². The molecule has 0 heterocycles. The molecule has 0 amide bonds. The molecule has 0 radical (unpaired) electrons. The van der Waals surface area contributed by atoms with E-state index in [1.807, 2.05) is 0 Å². The average Bonchev–Trinajstić information content (AvgIpc) is 2.41. The van der Waals surface area contributed by atoms with Gasteiger partial charge >= 0.3 is 5.97 Å². The molecule has 0 unspecified atom stereocenters. The minimum atomic E-state index is -0.939. The van der Waals surface area contributed by atoms with Crippen molar-refractivity contribution in [2.24, 2.45) is 23.5 Å². The molecular weight excluding hydrogens is 174 g/mol. The summed E-state index contributed by atoms with van der Waals surface area (Å²) in [5.74, 6) is -2.24. The minimum absolute atomic E-state index is 0.157. The third-order valence-corrected chi connectivity index (χ3v) is 2.88. The van der Waals surface area contributed by atoms with Gasteiger partial charge in [-0.1, -0.05) is 0 Å². The predicted molar refractivity (Wildman–Crippen MR) is 44.9 cm³/mol. The Morgan fingerprint density at radius 1 is 1.31 bits per heavy atom. The number of hydrogen-bond donors (Lipinski definition) is 4. The van der Waals surface area contributed by atoms with Crippen LogP contribution in [-0.4, -0.2) is 40.5 Å². The highest BCUT2D eigenvalue weighted by molar-refractivity contribution is 5.71. The zero-order valence-corrected chi connectivity index (χ0v) is 7.26. The van der Waals surface area contributed by atoms with Crippen molar-refractivity contribution in [3.63, 3.8) is 0 Å². The van der Waals surface area contributed by atoms with Gasteiger partial charge in [-0.05, 0) is 6.42 Å². The molecule has 0 aliphatic heterocycles. The van der Waals surface area contributed by atoms with Crippen molar-refractivity contribution in [2.45, 2.75) is 12.5 Å². The predicted octanol–water partition coefficient (Wildman–Crippen LogP) is -1.36. The van der Waals surface area contributed by atoms with E-state index in [2.05, 4.69) is 0 Å². The summed E-state index contributed by atoms with van der Waals surface area (Å²) >= 11 is 0. The molecule has 5 heteroatoms. The Morgan fingerprint density at radius 3 is 2.23 bits per heavy atom. The Balaban J connectivity index is 2.74. The van der Waals surface area contributed by atoms with Crippen LogP contribution in [0, 0.1) is 17.8 Å². The van der Waals surface area contributed by atoms with E-state index in [4.69, 9.17) is 21.1 Å². The van der Waals surface area contributed by atoms with Crippen molar-refractivity contribution >= 4 is 5.97 Å². The van der Waals surface area contributed by atoms with Crippen LogP contribution in [0.2, 0.25) is 0 Å². The highest BCUT2D eigenvalue weighted by Gasteiger charge is 2.44. The Morgan fingerprint density at radius 2 is 1.85 bits per heavy atom. The van der Waals surface area contributed by atoms with Crippen LogP contribution in [0.4, 0.5) is 0 Å². The molecular formula is C8H15NO4. The summed E-state index contributed by atoms with van der Waals surface area (Å²) in [6.45, 7) is -0.383. The van der Waals surface area contributed by atoms with Crippen LogP contribution in [0.1, 0.15) is 6.42 Å². The quantitative estimate of drug-likeness (QED) is 0.439. The molecule has 5 nitrogen and oxygen atoms in total. The Kier molecular flexibility index (Phi) is 3.24. The molecule has 0 aromatic carbocycles. The monoisotopic (exact) mass is 189 g/mol. The van der Waals surface area contributed by atoms with Crippen LogP contribution in [0.25, 0.3) is 0 Å². The van der Waals surface area contributed by atoms with Crippen molar-refractivity contribution in [1.29, 1.82) is 0 Å². The number of carboxylic acids is 1. The summed E-state index contributed by atoms with van der Waals surface area (Å²) in [5.41, 5.74) is 5.65. The molecule has 76 valence electrons. The zero-order chi connectivity index (χ0) is 10.0. The number of aliphatic hydroxyl groups excluding tert-OH is 2. The lowest BCUT2D eigenvalue weighted by Gasteiger charge is -2.19.